The molecular formula is C10H18N2O3S2. The normalized spacial score (nSPS) is 13.8. The van der Waals surface area contributed by atoms with Crippen LogP contribution in [0.5, 0.6) is 0 Å². The van der Waals surface area contributed by atoms with Crippen LogP contribution in [0, 0.1) is 0 Å². The third-order valence-corrected chi connectivity index (χ3v) is 4.84. The molecule has 0 bridgehead atoms. The van der Waals surface area contributed by atoms with Gasteiger partial charge in [-0.3, -0.25) is 0 Å². The van der Waals surface area contributed by atoms with Gasteiger partial charge in [-0.05, 0) is 18.7 Å². The summed E-state index contributed by atoms with van der Waals surface area (Å²) in [4.78, 5) is 2.87. The van der Waals surface area contributed by atoms with Crippen LogP contribution in [0.1, 0.15) is 19.5 Å². The summed E-state index contributed by atoms with van der Waals surface area (Å²) in [5, 5.41) is 8.86. The number of aliphatic hydroxyl groups excluding tert-OH is 1. The zero-order valence-electron chi connectivity index (χ0n) is 9.93. The van der Waals surface area contributed by atoms with E-state index in [2.05, 4.69) is 9.71 Å². The van der Waals surface area contributed by atoms with Crippen molar-refractivity contribution < 1.29 is 13.5 Å². The van der Waals surface area contributed by atoms with Crippen molar-refractivity contribution in [3.05, 3.63) is 18.0 Å². The SMILES string of the molecule is CCSCC(C)NS(=O)(=O)c1c[nH]c(CO)c1. The van der Waals surface area contributed by atoms with Crippen LogP contribution in [-0.2, 0) is 16.6 Å². The van der Waals surface area contributed by atoms with E-state index >= 15 is 0 Å². The average molecular weight is 278 g/mol. The smallest absolute Gasteiger partial charge is 0.242 e. The van der Waals surface area contributed by atoms with Crippen LogP contribution in [0.15, 0.2) is 17.2 Å². The maximum Gasteiger partial charge on any atom is 0.242 e. The van der Waals surface area contributed by atoms with Gasteiger partial charge in [0, 0.05) is 23.7 Å². The van der Waals surface area contributed by atoms with Gasteiger partial charge in [-0.1, -0.05) is 6.92 Å². The molecule has 0 aliphatic rings. The molecule has 98 valence electrons. The van der Waals surface area contributed by atoms with Crippen LogP contribution < -0.4 is 4.72 Å². The number of sulfonamides is 1. The highest BCUT2D eigenvalue weighted by Gasteiger charge is 2.18. The predicted molar refractivity (Wildman–Crippen MR) is 69.5 cm³/mol. The molecule has 1 unspecified atom stereocenters. The lowest BCUT2D eigenvalue weighted by Crippen LogP contribution is -2.34. The minimum Gasteiger partial charge on any atom is -0.390 e. The van der Waals surface area contributed by atoms with E-state index in [0.29, 0.717) is 5.69 Å². The predicted octanol–water partition coefficient (Wildman–Crippen LogP) is 0.927. The lowest BCUT2D eigenvalue weighted by Gasteiger charge is -2.12. The molecular weight excluding hydrogens is 260 g/mol. The Balaban J connectivity index is 2.68. The third kappa shape index (κ3) is 4.34. The van der Waals surface area contributed by atoms with Crippen molar-refractivity contribution in [2.75, 3.05) is 11.5 Å². The van der Waals surface area contributed by atoms with E-state index in [1.165, 1.54) is 12.3 Å². The minimum atomic E-state index is -3.48. The molecule has 1 aromatic heterocycles. The van der Waals surface area contributed by atoms with Crippen molar-refractivity contribution in [3.8, 4) is 0 Å². The zero-order valence-corrected chi connectivity index (χ0v) is 11.6. The summed E-state index contributed by atoms with van der Waals surface area (Å²) >= 11 is 1.69. The van der Waals surface area contributed by atoms with Crippen molar-refractivity contribution in [3.63, 3.8) is 0 Å². The van der Waals surface area contributed by atoms with Crippen LogP contribution in [0.2, 0.25) is 0 Å². The summed E-state index contributed by atoms with van der Waals surface area (Å²) in [6.07, 6.45) is 1.38. The number of thioether (sulfide) groups is 1. The largest absolute Gasteiger partial charge is 0.390 e. The molecule has 0 radical (unpaired) electrons. The highest BCUT2D eigenvalue weighted by atomic mass is 32.2. The van der Waals surface area contributed by atoms with Crippen LogP contribution >= 0.6 is 11.8 Å². The minimum absolute atomic E-state index is 0.113. The first kappa shape index (κ1) is 14.6. The number of aromatic nitrogens is 1. The fourth-order valence-electron chi connectivity index (χ4n) is 1.33. The monoisotopic (exact) mass is 278 g/mol. The summed E-state index contributed by atoms with van der Waals surface area (Å²) in [6.45, 7) is 3.67. The molecule has 1 heterocycles. The number of aromatic amines is 1. The maximum atomic E-state index is 11.9. The van der Waals surface area contributed by atoms with Crippen molar-refractivity contribution >= 4 is 21.8 Å². The first-order valence-corrected chi connectivity index (χ1v) is 8.01. The van der Waals surface area contributed by atoms with Gasteiger partial charge in [-0.25, -0.2) is 13.1 Å². The molecule has 0 aromatic carbocycles. The van der Waals surface area contributed by atoms with Gasteiger partial charge < -0.3 is 10.1 Å². The van der Waals surface area contributed by atoms with Crippen LogP contribution in [-0.4, -0.2) is 36.1 Å². The molecule has 0 spiro atoms. The lowest BCUT2D eigenvalue weighted by atomic mass is 10.4. The van der Waals surface area contributed by atoms with Crippen molar-refractivity contribution in [1.29, 1.82) is 0 Å². The second-order valence-electron chi connectivity index (χ2n) is 3.70. The molecule has 7 heteroatoms. The van der Waals surface area contributed by atoms with Crippen molar-refractivity contribution in [2.45, 2.75) is 31.4 Å². The molecule has 0 amide bonds. The second-order valence-corrected chi connectivity index (χ2v) is 6.73. The summed E-state index contributed by atoms with van der Waals surface area (Å²) in [6, 6.07) is 1.32. The topological polar surface area (TPSA) is 82.2 Å². The standard InChI is InChI=1S/C10H18N2O3S2/c1-3-16-7-8(2)12-17(14,15)10-4-9(6-13)11-5-10/h4-5,8,11-13H,3,6-7H2,1-2H3. The maximum absolute atomic E-state index is 11.9. The third-order valence-electron chi connectivity index (χ3n) is 2.13. The van der Waals surface area contributed by atoms with Gasteiger partial charge >= 0.3 is 0 Å². The molecule has 1 aromatic rings. The summed E-state index contributed by atoms with van der Waals surface area (Å²) in [5.74, 6) is 1.71. The quantitative estimate of drug-likeness (QED) is 0.693. The van der Waals surface area contributed by atoms with Crippen molar-refractivity contribution in [2.24, 2.45) is 0 Å². The Bertz CT molecular complexity index is 442. The molecule has 0 aliphatic heterocycles. The lowest BCUT2D eigenvalue weighted by molar-refractivity contribution is 0.277. The summed E-state index contributed by atoms with van der Waals surface area (Å²) in [7, 11) is -3.48. The number of H-pyrrole nitrogens is 1. The fraction of sp³-hybridized carbons (Fsp3) is 0.600. The van der Waals surface area contributed by atoms with E-state index in [9.17, 15) is 8.42 Å². The average Bonchev–Trinajstić information content (AvgIpc) is 2.75. The number of aliphatic hydroxyl groups is 1. The molecule has 1 atom stereocenters. The molecule has 0 saturated heterocycles. The van der Waals surface area contributed by atoms with E-state index < -0.39 is 10.0 Å². The molecule has 0 aliphatic carbocycles. The van der Waals surface area contributed by atoms with Gasteiger partial charge in [0.15, 0.2) is 0 Å². The van der Waals surface area contributed by atoms with Crippen LogP contribution in [0.25, 0.3) is 0 Å². The highest BCUT2D eigenvalue weighted by molar-refractivity contribution is 7.99. The Morgan fingerprint density at radius 3 is 2.82 bits per heavy atom. The van der Waals surface area contributed by atoms with E-state index in [1.807, 2.05) is 13.8 Å². The molecule has 1 rings (SSSR count). The van der Waals surface area contributed by atoms with E-state index in [0.717, 1.165) is 11.5 Å². The second kappa shape index (κ2) is 6.44. The van der Waals surface area contributed by atoms with Gasteiger partial charge in [0.1, 0.15) is 0 Å². The first-order chi connectivity index (χ1) is 7.99. The fourth-order valence-corrected chi connectivity index (χ4v) is 3.37. The van der Waals surface area contributed by atoms with Gasteiger partial charge in [0.2, 0.25) is 10.0 Å². The van der Waals surface area contributed by atoms with E-state index in [1.54, 1.807) is 11.8 Å². The van der Waals surface area contributed by atoms with Gasteiger partial charge in [-0.15, -0.1) is 0 Å². The molecule has 0 saturated carbocycles. The summed E-state index contributed by atoms with van der Waals surface area (Å²) in [5.41, 5.74) is 0.487. The molecule has 5 nitrogen and oxygen atoms in total. The molecule has 0 fully saturated rings. The number of hydrogen-bond donors (Lipinski definition) is 3. The number of hydrogen-bond acceptors (Lipinski definition) is 4. The Kier molecular flexibility index (Phi) is 5.51. The van der Waals surface area contributed by atoms with Gasteiger partial charge in [-0.2, -0.15) is 11.8 Å². The molecule has 17 heavy (non-hydrogen) atoms. The zero-order chi connectivity index (χ0) is 12.9. The van der Waals surface area contributed by atoms with Crippen LogP contribution in [0.3, 0.4) is 0 Å². The highest BCUT2D eigenvalue weighted by Crippen LogP contribution is 2.12. The number of rotatable bonds is 7. The Hall–Kier alpha value is -0.500. The molecule has 3 N–H and O–H groups in total. The number of nitrogens with one attached hydrogen (secondary N) is 2. The van der Waals surface area contributed by atoms with E-state index in [4.69, 9.17) is 5.11 Å². The summed E-state index contributed by atoms with van der Waals surface area (Å²) < 4.78 is 26.4. The Morgan fingerprint density at radius 1 is 1.59 bits per heavy atom. The van der Waals surface area contributed by atoms with Crippen LogP contribution in [0.4, 0.5) is 0 Å². The van der Waals surface area contributed by atoms with E-state index in [-0.39, 0.29) is 17.5 Å². The Labute approximate surface area is 106 Å². The Morgan fingerprint density at radius 2 is 2.29 bits per heavy atom. The first-order valence-electron chi connectivity index (χ1n) is 5.37. The van der Waals surface area contributed by atoms with Gasteiger partial charge in [0.25, 0.3) is 0 Å². The van der Waals surface area contributed by atoms with Gasteiger partial charge in [0.05, 0.1) is 11.5 Å². The van der Waals surface area contributed by atoms with Crippen molar-refractivity contribution in [1.82, 2.24) is 9.71 Å².